The SMILES string of the molecule is COc1cc(-n2nnc(C=O)c2C)c(OC)cc1Cl. The van der Waals surface area contributed by atoms with E-state index in [0.29, 0.717) is 34.2 Å². The third-order valence-electron chi connectivity index (χ3n) is 2.72. The average Bonchev–Trinajstić information content (AvgIpc) is 2.79. The van der Waals surface area contributed by atoms with E-state index in [1.54, 1.807) is 19.1 Å². The van der Waals surface area contributed by atoms with Crippen molar-refractivity contribution in [3.05, 3.63) is 28.5 Å². The van der Waals surface area contributed by atoms with Gasteiger partial charge in [-0.15, -0.1) is 5.10 Å². The normalized spacial score (nSPS) is 10.3. The summed E-state index contributed by atoms with van der Waals surface area (Å²) in [5, 5.41) is 8.13. The predicted octanol–water partition coefficient (Wildman–Crippen LogP) is 2.06. The Balaban J connectivity index is 2.65. The number of aromatic nitrogens is 3. The summed E-state index contributed by atoms with van der Waals surface area (Å²) in [4.78, 5) is 10.8. The third kappa shape index (κ3) is 2.26. The first-order chi connectivity index (χ1) is 9.12. The number of ether oxygens (including phenoxy) is 2. The van der Waals surface area contributed by atoms with E-state index in [1.165, 1.54) is 18.9 Å². The Morgan fingerprint density at radius 2 is 1.95 bits per heavy atom. The van der Waals surface area contributed by atoms with Crippen molar-refractivity contribution < 1.29 is 14.3 Å². The molecule has 1 aromatic carbocycles. The van der Waals surface area contributed by atoms with Crippen molar-refractivity contribution in [2.24, 2.45) is 0 Å². The van der Waals surface area contributed by atoms with Gasteiger partial charge in [-0.05, 0) is 6.92 Å². The maximum absolute atomic E-state index is 10.8. The molecule has 19 heavy (non-hydrogen) atoms. The second-order valence-electron chi connectivity index (χ2n) is 3.75. The summed E-state index contributed by atoms with van der Waals surface area (Å²) in [6.45, 7) is 1.74. The lowest BCUT2D eigenvalue weighted by atomic mass is 10.2. The number of rotatable bonds is 4. The molecular weight excluding hydrogens is 270 g/mol. The zero-order valence-electron chi connectivity index (χ0n) is 10.7. The molecule has 0 saturated heterocycles. The van der Waals surface area contributed by atoms with Crippen LogP contribution in [0.2, 0.25) is 5.02 Å². The Morgan fingerprint density at radius 1 is 1.26 bits per heavy atom. The standard InChI is InChI=1S/C12H12ClN3O3/c1-7-9(6-17)14-15-16(7)10-5-11(18-2)8(13)4-12(10)19-3/h4-6H,1-3H3. The van der Waals surface area contributed by atoms with Gasteiger partial charge in [-0.1, -0.05) is 16.8 Å². The maximum atomic E-state index is 10.8. The molecule has 0 saturated carbocycles. The van der Waals surface area contributed by atoms with Crippen LogP contribution < -0.4 is 9.47 Å². The number of benzene rings is 1. The number of methoxy groups -OCH3 is 2. The summed E-state index contributed by atoms with van der Waals surface area (Å²) in [6, 6.07) is 3.30. The topological polar surface area (TPSA) is 66.2 Å². The number of carbonyl (C=O) groups is 1. The highest BCUT2D eigenvalue weighted by molar-refractivity contribution is 6.32. The predicted molar refractivity (Wildman–Crippen MR) is 69.6 cm³/mol. The van der Waals surface area contributed by atoms with E-state index in [-0.39, 0.29) is 5.69 Å². The van der Waals surface area contributed by atoms with Crippen LogP contribution in [0.3, 0.4) is 0 Å². The average molecular weight is 282 g/mol. The van der Waals surface area contributed by atoms with Gasteiger partial charge in [-0.3, -0.25) is 4.79 Å². The lowest BCUT2D eigenvalue weighted by molar-refractivity contribution is 0.111. The van der Waals surface area contributed by atoms with E-state index in [1.807, 2.05) is 0 Å². The molecule has 0 amide bonds. The van der Waals surface area contributed by atoms with Gasteiger partial charge in [0.05, 0.1) is 24.9 Å². The van der Waals surface area contributed by atoms with Gasteiger partial charge in [-0.25, -0.2) is 4.68 Å². The second-order valence-corrected chi connectivity index (χ2v) is 4.16. The quantitative estimate of drug-likeness (QED) is 0.803. The zero-order chi connectivity index (χ0) is 14.0. The van der Waals surface area contributed by atoms with E-state index in [4.69, 9.17) is 21.1 Å². The lowest BCUT2D eigenvalue weighted by Gasteiger charge is -2.12. The highest BCUT2D eigenvalue weighted by Gasteiger charge is 2.16. The molecule has 0 spiro atoms. The molecular formula is C12H12ClN3O3. The van der Waals surface area contributed by atoms with Gasteiger partial charge in [0.15, 0.2) is 6.29 Å². The van der Waals surface area contributed by atoms with E-state index >= 15 is 0 Å². The van der Waals surface area contributed by atoms with Crippen molar-refractivity contribution in [3.8, 4) is 17.2 Å². The van der Waals surface area contributed by atoms with Crippen molar-refractivity contribution >= 4 is 17.9 Å². The molecule has 0 fully saturated rings. The van der Waals surface area contributed by atoms with E-state index in [0.717, 1.165) is 0 Å². The molecule has 1 aromatic heterocycles. The minimum Gasteiger partial charge on any atom is -0.495 e. The van der Waals surface area contributed by atoms with Gasteiger partial charge in [0.2, 0.25) is 0 Å². The number of hydrogen-bond acceptors (Lipinski definition) is 5. The highest BCUT2D eigenvalue weighted by Crippen LogP contribution is 2.34. The van der Waals surface area contributed by atoms with Crippen molar-refractivity contribution in [1.82, 2.24) is 15.0 Å². The van der Waals surface area contributed by atoms with Crippen LogP contribution in [0.5, 0.6) is 11.5 Å². The minimum absolute atomic E-state index is 0.274. The molecule has 0 aliphatic rings. The number of carbonyl (C=O) groups excluding carboxylic acids is 1. The smallest absolute Gasteiger partial charge is 0.172 e. The molecule has 0 unspecified atom stereocenters. The Kier molecular flexibility index (Phi) is 3.71. The molecule has 2 aromatic rings. The van der Waals surface area contributed by atoms with Crippen molar-refractivity contribution in [2.75, 3.05) is 14.2 Å². The molecule has 0 bridgehead atoms. The van der Waals surface area contributed by atoms with Gasteiger partial charge in [0.1, 0.15) is 22.9 Å². The summed E-state index contributed by atoms with van der Waals surface area (Å²) < 4.78 is 11.9. The first kappa shape index (κ1) is 13.4. The van der Waals surface area contributed by atoms with Crippen LogP contribution in [0.15, 0.2) is 12.1 Å². The number of hydrogen-bond donors (Lipinski definition) is 0. The number of nitrogens with zero attached hydrogens (tertiary/aromatic N) is 3. The van der Waals surface area contributed by atoms with Crippen LogP contribution in [0, 0.1) is 6.92 Å². The van der Waals surface area contributed by atoms with Gasteiger partial charge in [0.25, 0.3) is 0 Å². The van der Waals surface area contributed by atoms with Crippen LogP contribution >= 0.6 is 11.6 Å². The Labute approximate surface area is 114 Å². The Hall–Kier alpha value is -2.08. The van der Waals surface area contributed by atoms with Crippen LogP contribution in [0.1, 0.15) is 16.2 Å². The largest absolute Gasteiger partial charge is 0.495 e. The molecule has 100 valence electrons. The van der Waals surface area contributed by atoms with Crippen LogP contribution in [0.4, 0.5) is 0 Å². The van der Waals surface area contributed by atoms with Crippen LogP contribution in [0.25, 0.3) is 5.69 Å². The van der Waals surface area contributed by atoms with Gasteiger partial charge in [0, 0.05) is 12.1 Å². The Bertz CT molecular complexity index is 625. The zero-order valence-corrected chi connectivity index (χ0v) is 11.4. The van der Waals surface area contributed by atoms with E-state index in [9.17, 15) is 4.79 Å². The summed E-state index contributed by atoms with van der Waals surface area (Å²) >= 11 is 6.03. The highest BCUT2D eigenvalue weighted by atomic mass is 35.5. The van der Waals surface area contributed by atoms with E-state index in [2.05, 4.69) is 10.3 Å². The molecule has 0 aliphatic carbocycles. The number of halogens is 1. The molecule has 0 N–H and O–H groups in total. The third-order valence-corrected chi connectivity index (χ3v) is 3.02. The van der Waals surface area contributed by atoms with Gasteiger partial charge < -0.3 is 9.47 Å². The molecule has 0 radical (unpaired) electrons. The second kappa shape index (κ2) is 5.27. The summed E-state index contributed by atoms with van der Waals surface area (Å²) in [5.74, 6) is 0.997. The summed E-state index contributed by atoms with van der Waals surface area (Å²) in [6.07, 6.45) is 0.651. The van der Waals surface area contributed by atoms with Crippen molar-refractivity contribution in [1.29, 1.82) is 0 Å². The molecule has 0 atom stereocenters. The number of aldehydes is 1. The first-order valence-electron chi connectivity index (χ1n) is 5.41. The molecule has 2 rings (SSSR count). The summed E-state index contributed by atoms with van der Waals surface area (Å²) in [7, 11) is 3.04. The first-order valence-corrected chi connectivity index (χ1v) is 5.79. The fourth-order valence-electron chi connectivity index (χ4n) is 1.69. The Morgan fingerprint density at radius 3 is 2.47 bits per heavy atom. The van der Waals surface area contributed by atoms with Crippen molar-refractivity contribution in [3.63, 3.8) is 0 Å². The molecule has 7 heteroatoms. The van der Waals surface area contributed by atoms with Crippen LogP contribution in [-0.2, 0) is 0 Å². The minimum atomic E-state index is 0.274. The van der Waals surface area contributed by atoms with Gasteiger partial charge >= 0.3 is 0 Å². The van der Waals surface area contributed by atoms with E-state index < -0.39 is 0 Å². The van der Waals surface area contributed by atoms with Gasteiger partial charge in [-0.2, -0.15) is 0 Å². The maximum Gasteiger partial charge on any atom is 0.172 e. The fourth-order valence-corrected chi connectivity index (χ4v) is 1.92. The molecule has 1 heterocycles. The lowest BCUT2D eigenvalue weighted by Crippen LogP contribution is -2.03. The summed E-state index contributed by atoms with van der Waals surface area (Å²) in [5.41, 5.74) is 1.48. The van der Waals surface area contributed by atoms with Crippen molar-refractivity contribution in [2.45, 2.75) is 6.92 Å². The van der Waals surface area contributed by atoms with Crippen LogP contribution in [-0.4, -0.2) is 35.5 Å². The molecule has 6 nitrogen and oxygen atoms in total. The fraction of sp³-hybridized carbons (Fsp3) is 0.250. The monoisotopic (exact) mass is 281 g/mol. The molecule has 0 aliphatic heterocycles.